The second-order valence-electron chi connectivity index (χ2n) is 2.83. The van der Waals surface area contributed by atoms with Crippen LogP contribution in [0.25, 0.3) is 0 Å². The largest absolute Gasteiger partial charge is 0.206 e. The van der Waals surface area contributed by atoms with Crippen LogP contribution in [0.3, 0.4) is 0 Å². The third-order valence-electron chi connectivity index (χ3n) is 1.99. The predicted octanol–water partition coefficient (Wildman–Crippen LogP) is 3.02. The van der Waals surface area contributed by atoms with Crippen LogP contribution in [0.5, 0.6) is 0 Å². The van der Waals surface area contributed by atoms with Crippen LogP contribution < -0.4 is 0 Å². The van der Waals surface area contributed by atoms with Crippen molar-refractivity contribution in [3.8, 4) is 0 Å². The van der Waals surface area contributed by atoms with E-state index < -0.39 is 0 Å². The SMILES string of the molecule is CSN1N=NC(=S)C1c1ccccc1. The van der Waals surface area contributed by atoms with Crippen LogP contribution in [0.4, 0.5) is 0 Å². The molecule has 0 spiro atoms. The summed E-state index contributed by atoms with van der Waals surface area (Å²) in [6.45, 7) is 0. The van der Waals surface area contributed by atoms with Gasteiger partial charge in [-0.2, -0.15) is 0 Å². The van der Waals surface area contributed by atoms with E-state index in [1.165, 1.54) is 11.9 Å². The van der Waals surface area contributed by atoms with Crippen molar-refractivity contribution in [2.45, 2.75) is 6.04 Å². The van der Waals surface area contributed by atoms with Crippen LogP contribution in [0.15, 0.2) is 40.7 Å². The Morgan fingerprint density at radius 1 is 1.36 bits per heavy atom. The summed E-state index contributed by atoms with van der Waals surface area (Å²) in [5.74, 6) is 0. The minimum atomic E-state index is 0.0150. The summed E-state index contributed by atoms with van der Waals surface area (Å²) >= 11 is 6.67. The molecular weight excluding hydrogens is 214 g/mol. The minimum absolute atomic E-state index is 0.0150. The minimum Gasteiger partial charge on any atom is -0.206 e. The summed E-state index contributed by atoms with van der Waals surface area (Å²) in [7, 11) is 0. The second kappa shape index (κ2) is 4.06. The van der Waals surface area contributed by atoms with Gasteiger partial charge in [0, 0.05) is 6.26 Å². The lowest BCUT2D eigenvalue weighted by Crippen LogP contribution is -2.16. The van der Waals surface area contributed by atoms with Gasteiger partial charge in [-0.05, 0) is 17.5 Å². The van der Waals surface area contributed by atoms with E-state index in [2.05, 4.69) is 10.3 Å². The van der Waals surface area contributed by atoms with Gasteiger partial charge in [0.25, 0.3) is 0 Å². The zero-order valence-corrected chi connectivity index (χ0v) is 9.26. The average molecular weight is 223 g/mol. The molecule has 1 aliphatic heterocycles. The Hall–Kier alpha value is -0.940. The van der Waals surface area contributed by atoms with E-state index in [0.29, 0.717) is 4.99 Å². The van der Waals surface area contributed by atoms with Gasteiger partial charge in [-0.15, -0.1) is 5.11 Å². The predicted molar refractivity (Wildman–Crippen MR) is 62.0 cm³/mol. The van der Waals surface area contributed by atoms with E-state index in [1.807, 2.05) is 41.0 Å². The van der Waals surface area contributed by atoms with E-state index in [1.54, 1.807) is 0 Å². The Morgan fingerprint density at radius 3 is 2.71 bits per heavy atom. The Labute approximate surface area is 92.3 Å². The molecule has 0 amide bonds. The molecule has 0 N–H and O–H groups in total. The van der Waals surface area contributed by atoms with Crippen molar-refractivity contribution in [1.82, 2.24) is 4.41 Å². The highest BCUT2D eigenvalue weighted by atomic mass is 32.2. The highest BCUT2D eigenvalue weighted by Crippen LogP contribution is 2.32. The van der Waals surface area contributed by atoms with Crippen molar-refractivity contribution < 1.29 is 0 Å². The van der Waals surface area contributed by atoms with E-state index in [-0.39, 0.29) is 6.04 Å². The number of thiocarbonyl (C=S) groups is 1. The Balaban J connectivity index is 2.30. The molecule has 0 saturated heterocycles. The summed E-state index contributed by atoms with van der Waals surface area (Å²) in [5, 5.41) is 7.88. The lowest BCUT2D eigenvalue weighted by Gasteiger charge is -2.18. The average Bonchev–Trinajstić information content (AvgIpc) is 2.61. The van der Waals surface area contributed by atoms with Crippen LogP contribution >= 0.6 is 24.2 Å². The molecule has 14 heavy (non-hydrogen) atoms. The molecule has 1 heterocycles. The molecule has 72 valence electrons. The molecule has 1 unspecified atom stereocenters. The van der Waals surface area contributed by atoms with E-state index in [0.717, 1.165) is 5.56 Å². The molecule has 0 fully saturated rings. The van der Waals surface area contributed by atoms with Crippen LogP contribution in [-0.4, -0.2) is 15.7 Å². The molecule has 5 heteroatoms. The first kappa shape index (κ1) is 9.61. The van der Waals surface area contributed by atoms with Crippen molar-refractivity contribution in [2.75, 3.05) is 6.26 Å². The lowest BCUT2D eigenvalue weighted by molar-refractivity contribution is 0.475. The molecule has 1 atom stereocenters. The van der Waals surface area contributed by atoms with Gasteiger partial charge in [0.15, 0.2) is 4.99 Å². The van der Waals surface area contributed by atoms with Gasteiger partial charge in [-0.25, -0.2) is 4.41 Å². The molecule has 0 radical (unpaired) electrons. The van der Waals surface area contributed by atoms with Crippen molar-refractivity contribution in [1.29, 1.82) is 0 Å². The van der Waals surface area contributed by atoms with Gasteiger partial charge in [0.05, 0.1) is 0 Å². The molecular formula is C9H9N3S2. The molecule has 0 aliphatic carbocycles. The normalized spacial score (nSPS) is 20.5. The lowest BCUT2D eigenvalue weighted by atomic mass is 10.1. The molecule has 0 saturated carbocycles. The maximum Gasteiger partial charge on any atom is 0.157 e. The van der Waals surface area contributed by atoms with E-state index >= 15 is 0 Å². The Bertz CT molecular complexity index is 364. The Kier molecular flexibility index (Phi) is 2.79. The third-order valence-corrected chi connectivity index (χ3v) is 2.95. The number of nitrogens with zero attached hydrogens (tertiary/aromatic N) is 3. The van der Waals surface area contributed by atoms with Crippen LogP contribution in [0.2, 0.25) is 0 Å². The summed E-state index contributed by atoms with van der Waals surface area (Å²) in [6.07, 6.45) is 1.96. The van der Waals surface area contributed by atoms with Gasteiger partial charge < -0.3 is 0 Å². The number of hydrogen-bond acceptors (Lipinski definition) is 4. The standard InChI is InChI=1S/C9H9N3S2/c1-14-12-8(9(13)10-11-12)7-5-3-2-4-6-7/h2-6,8H,1H3. The van der Waals surface area contributed by atoms with Crippen molar-refractivity contribution in [2.24, 2.45) is 10.3 Å². The van der Waals surface area contributed by atoms with Crippen LogP contribution in [-0.2, 0) is 0 Å². The first-order valence-electron chi connectivity index (χ1n) is 4.16. The first-order chi connectivity index (χ1) is 6.83. The van der Waals surface area contributed by atoms with Gasteiger partial charge in [0.2, 0.25) is 0 Å². The smallest absolute Gasteiger partial charge is 0.157 e. The van der Waals surface area contributed by atoms with Gasteiger partial charge in [-0.1, -0.05) is 47.8 Å². The van der Waals surface area contributed by atoms with Crippen molar-refractivity contribution >= 4 is 29.2 Å². The topological polar surface area (TPSA) is 28.0 Å². The molecule has 1 aliphatic rings. The summed E-state index contributed by atoms with van der Waals surface area (Å²) < 4.78 is 1.82. The van der Waals surface area contributed by atoms with Gasteiger partial charge in [-0.3, -0.25) is 0 Å². The molecule has 2 rings (SSSR count). The highest BCUT2D eigenvalue weighted by molar-refractivity contribution is 7.96. The monoisotopic (exact) mass is 223 g/mol. The van der Waals surface area contributed by atoms with Crippen LogP contribution in [0.1, 0.15) is 11.6 Å². The Morgan fingerprint density at radius 2 is 2.07 bits per heavy atom. The zero-order valence-electron chi connectivity index (χ0n) is 7.62. The van der Waals surface area contributed by atoms with E-state index in [4.69, 9.17) is 12.2 Å². The van der Waals surface area contributed by atoms with Crippen molar-refractivity contribution in [3.05, 3.63) is 35.9 Å². The molecule has 1 aromatic rings. The number of rotatable bonds is 2. The van der Waals surface area contributed by atoms with E-state index in [9.17, 15) is 0 Å². The maximum absolute atomic E-state index is 5.15. The quantitative estimate of drug-likeness (QED) is 0.570. The second-order valence-corrected chi connectivity index (χ2v) is 3.98. The summed E-state index contributed by atoms with van der Waals surface area (Å²) in [4.78, 5) is 0.630. The third kappa shape index (κ3) is 1.65. The van der Waals surface area contributed by atoms with Gasteiger partial charge in [0.1, 0.15) is 6.04 Å². The molecule has 0 bridgehead atoms. The number of benzene rings is 1. The van der Waals surface area contributed by atoms with Crippen molar-refractivity contribution in [3.63, 3.8) is 0 Å². The molecule has 3 nitrogen and oxygen atoms in total. The summed E-state index contributed by atoms with van der Waals surface area (Å²) in [6, 6.07) is 10.1. The maximum atomic E-state index is 5.15. The fraction of sp³-hybridized carbons (Fsp3) is 0.222. The van der Waals surface area contributed by atoms with Crippen LogP contribution in [0, 0.1) is 0 Å². The zero-order chi connectivity index (χ0) is 9.97. The van der Waals surface area contributed by atoms with Gasteiger partial charge >= 0.3 is 0 Å². The summed E-state index contributed by atoms with van der Waals surface area (Å²) in [5.41, 5.74) is 1.14. The fourth-order valence-corrected chi connectivity index (χ4v) is 2.22. The first-order valence-corrected chi connectivity index (χ1v) is 5.75. The fourth-order valence-electron chi connectivity index (χ4n) is 1.34. The molecule has 0 aromatic heterocycles. The number of hydrogen-bond donors (Lipinski definition) is 0. The highest BCUT2D eigenvalue weighted by Gasteiger charge is 2.28. The molecule has 1 aromatic carbocycles.